The highest BCUT2D eigenvalue weighted by Crippen LogP contribution is 2.43. The number of hydroxylamine groups is 1. The number of nitrogens with one attached hydrogen (secondary N) is 2. The first-order valence-corrected chi connectivity index (χ1v) is 11.1. The van der Waals surface area contributed by atoms with Crippen LogP contribution in [0.15, 0.2) is 18.2 Å². The number of nitrogens with zero attached hydrogens (tertiary/aromatic N) is 1. The molecule has 1 fully saturated rings. The second kappa shape index (κ2) is 10.6. The molecule has 30 heavy (non-hydrogen) atoms. The lowest BCUT2D eigenvalue weighted by Crippen LogP contribution is -2.41. The molecule has 0 radical (unpaired) electrons. The Kier molecular flexibility index (Phi) is 8.34. The molecular formula is C21H35ClN4O4. The lowest BCUT2D eigenvalue weighted by molar-refractivity contribution is -0.0652. The largest absolute Gasteiger partial charge is 0.396 e. The number of halogens is 1. The van der Waals surface area contributed by atoms with Crippen molar-refractivity contribution in [1.82, 2.24) is 10.9 Å². The van der Waals surface area contributed by atoms with Gasteiger partial charge in [-0.25, -0.2) is 10.9 Å². The van der Waals surface area contributed by atoms with Gasteiger partial charge in [0, 0.05) is 23.9 Å². The van der Waals surface area contributed by atoms with Crippen LogP contribution in [0.2, 0.25) is 5.02 Å². The van der Waals surface area contributed by atoms with Crippen LogP contribution in [0.3, 0.4) is 0 Å². The van der Waals surface area contributed by atoms with Gasteiger partial charge in [-0.15, -0.1) is 5.59 Å². The van der Waals surface area contributed by atoms with Gasteiger partial charge in [0.15, 0.2) is 0 Å². The average Bonchev–Trinajstić information content (AvgIpc) is 3.11. The molecule has 9 heteroatoms. The molecule has 2 aliphatic heterocycles. The van der Waals surface area contributed by atoms with Crippen molar-refractivity contribution in [3.05, 3.63) is 28.8 Å². The minimum absolute atomic E-state index is 0.0476. The highest BCUT2D eigenvalue weighted by molar-refractivity contribution is 6.33. The number of anilines is 1. The molecule has 1 aromatic rings. The van der Waals surface area contributed by atoms with Crippen LogP contribution in [0.25, 0.3) is 0 Å². The van der Waals surface area contributed by atoms with Gasteiger partial charge in [0.1, 0.15) is 0 Å². The minimum Gasteiger partial charge on any atom is -0.396 e. The Labute approximate surface area is 183 Å². The van der Waals surface area contributed by atoms with E-state index in [0.717, 1.165) is 30.6 Å². The fraction of sp³-hybridized carbons (Fsp3) is 0.714. The summed E-state index contributed by atoms with van der Waals surface area (Å²) in [6.45, 7) is 5.87. The van der Waals surface area contributed by atoms with E-state index in [1.54, 1.807) is 5.06 Å². The molecule has 1 aromatic carbocycles. The molecule has 2 aliphatic rings. The van der Waals surface area contributed by atoms with E-state index in [1.807, 2.05) is 12.1 Å². The molecule has 1 saturated heterocycles. The summed E-state index contributed by atoms with van der Waals surface area (Å²) in [5.41, 5.74) is 3.78. The first-order chi connectivity index (χ1) is 14.5. The maximum atomic E-state index is 10.2. The first-order valence-electron chi connectivity index (χ1n) is 10.7. The zero-order valence-electron chi connectivity index (χ0n) is 17.8. The molecular weight excluding hydrogens is 408 g/mol. The summed E-state index contributed by atoms with van der Waals surface area (Å²) in [5, 5.41) is 26.0. The van der Waals surface area contributed by atoms with Gasteiger partial charge in [-0.3, -0.25) is 0 Å². The third-order valence-electron chi connectivity index (χ3n) is 6.92. The quantitative estimate of drug-likeness (QED) is 0.346. The maximum absolute atomic E-state index is 10.2. The van der Waals surface area contributed by atoms with E-state index in [0.29, 0.717) is 30.5 Å². The van der Waals surface area contributed by atoms with Gasteiger partial charge in [-0.2, -0.15) is 4.94 Å². The van der Waals surface area contributed by atoms with E-state index < -0.39 is 0 Å². The van der Waals surface area contributed by atoms with E-state index in [9.17, 15) is 10.2 Å². The van der Waals surface area contributed by atoms with Gasteiger partial charge in [0.25, 0.3) is 0 Å². The molecule has 2 bridgehead atoms. The van der Waals surface area contributed by atoms with Crippen LogP contribution in [0, 0.1) is 11.3 Å². The Hall–Kier alpha value is -0.970. The predicted octanol–water partition coefficient (Wildman–Crippen LogP) is 1.71. The van der Waals surface area contributed by atoms with E-state index in [1.165, 1.54) is 0 Å². The monoisotopic (exact) mass is 442 g/mol. The molecule has 8 nitrogen and oxygen atoms in total. The third kappa shape index (κ3) is 4.92. The SMILES string of the molecule is CCC1(CO)COC(CO)CCN(ONN)c2c(Cl)cccc2C2CNC(C1)C2C. The normalized spacial score (nSPS) is 32.8. The van der Waals surface area contributed by atoms with Crippen molar-refractivity contribution in [2.45, 2.75) is 51.2 Å². The number of nitrogens with two attached hydrogens (primary N) is 1. The summed E-state index contributed by atoms with van der Waals surface area (Å²) < 4.78 is 6.08. The lowest BCUT2D eigenvalue weighted by Gasteiger charge is -2.35. The molecule has 6 N–H and O–H groups in total. The summed E-state index contributed by atoms with van der Waals surface area (Å²) in [4.78, 5) is 5.52. The molecule has 170 valence electrons. The zero-order valence-corrected chi connectivity index (χ0v) is 18.6. The van der Waals surface area contributed by atoms with Gasteiger partial charge < -0.3 is 20.3 Å². The van der Waals surface area contributed by atoms with Crippen molar-refractivity contribution in [3.63, 3.8) is 0 Å². The van der Waals surface area contributed by atoms with Gasteiger partial charge in [0.2, 0.25) is 0 Å². The molecule has 0 saturated carbocycles. The van der Waals surface area contributed by atoms with Crippen molar-refractivity contribution in [3.8, 4) is 0 Å². The van der Waals surface area contributed by atoms with Crippen molar-refractivity contribution < 1.29 is 19.9 Å². The second-order valence-electron chi connectivity index (χ2n) is 8.59. The van der Waals surface area contributed by atoms with E-state index >= 15 is 0 Å². The Bertz CT molecular complexity index is 691. The molecule has 0 aliphatic carbocycles. The summed E-state index contributed by atoms with van der Waals surface area (Å²) >= 11 is 6.62. The van der Waals surface area contributed by atoms with Crippen LogP contribution >= 0.6 is 11.6 Å². The Balaban J connectivity index is 2.03. The molecule has 5 atom stereocenters. The molecule has 5 unspecified atom stereocenters. The van der Waals surface area contributed by atoms with Crippen molar-refractivity contribution in [1.29, 1.82) is 0 Å². The van der Waals surface area contributed by atoms with Crippen molar-refractivity contribution in [2.75, 3.05) is 38.0 Å². The molecule has 2 heterocycles. The summed E-state index contributed by atoms with van der Waals surface area (Å²) in [6.07, 6.45) is 1.72. The molecule has 0 amide bonds. The smallest absolute Gasteiger partial charge is 0.0877 e. The van der Waals surface area contributed by atoms with Crippen LogP contribution in [-0.4, -0.2) is 55.3 Å². The Morgan fingerprint density at radius 3 is 2.90 bits per heavy atom. The lowest BCUT2D eigenvalue weighted by atomic mass is 9.76. The number of fused-ring (bicyclic) bond motifs is 4. The van der Waals surface area contributed by atoms with Crippen LogP contribution in [0.1, 0.15) is 44.6 Å². The van der Waals surface area contributed by atoms with Crippen LogP contribution in [0.4, 0.5) is 5.69 Å². The van der Waals surface area contributed by atoms with Gasteiger partial charge in [0.05, 0.1) is 43.2 Å². The Morgan fingerprint density at radius 1 is 1.43 bits per heavy atom. The number of ether oxygens (including phenoxy) is 1. The van der Waals surface area contributed by atoms with Crippen LogP contribution in [0.5, 0.6) is 0 Å². The summed E-state index contributed by atoms with van der Waals surface area (Å²) in [6, 6.07) is 6.10. The van der Waals surface area contributed by atoms with E-state index in [4.69, 9.17) is 27.1 Å². The molecule has 3 rings (SSSR count). The fourth-order valence-electron chi connectivity index (χ4n) is 4.72. The minimum atomic E-state index is -0.388. The van der Waals surface area contributed by atoms with Crippen molar-refractivity contribution in [2.24, 2.45) is 17.2 Å². The first kappa shape index (κ1) is 23.7. The predicted molar refractivity (Wildman–Crippen MR) is 117 cm³/mol. The van der Waals surface area contributed by atoms with Crippen LogP contribution in [-0.2, 0) is 9.68 Å². The van der Waals surface area contributed by atoms with Crippen LogP contribution < -0.4 is 21.8 Å². The third-order valence-corrected chi connectivity index (χ3v) is 7.23. The maximum Gasteiger partial charge on any atom is 0.0877 e. The number of aliphatic hydroxyl groups is 2. The second-order valence-corrected chi connectivity index (χ2v) is 9.00. The fourth-order valence-corrected chi connectivity index (χ4v) is 5.00. The number of rotatable bonds is 5. The highest BCUT2D eigenvalue weighted by Gasteiger charge is 2.41. The number of para-hydroxylation sites is 1. The zero-order chi connectivity index (χ0) is 21.7. The van der Waals surface area contributed by atoms with E-state index in [2.05, 4.69) is 30.8 Å². The number of hydrogen-bond acceptors (Lipinski definition) is 8. The number of hydrogen-bond donors (Lipinski definition) is 5. The molecule has 0 spiro atoms. The van der Waals surface area contributed by atoms with Gasteiger partial charge in [-0.1, -0.05) is 37.6 Å². The number of hydrazine groups is 1. The van der Waals surface area contributed by atoms with Gasteiger partial charge in [-0.05, 0) is 36.8 Å². The average molecular weight is 443 g/mol. The Morgan fingerprint density at radius 2 is 2.23 bits per heavy atom. The number of aliphatic hydroxyl groups excluding tert-OH is 2. The summed E-state index contributed by atoms with van der Waals surface area (Å²) in [7, 11) is 0. The topological polar surface area (TPSA) is 112 Å². The van der Waals surface area contributed by atoms with E-state index in [-0.39, 0.29) is 36.7 Å². The van der Waals surface area contributed by atoms with Gasteiger partial charge >= 0.3 is 0 Å². The van der Waals surface area contributed by atoms with Crippen molar-refractivity contribution >= 4 is 17.3 Å². The molecule has 0 aromatic heterocycles. The highest BCUT2D eigenvalue weighted by atomic mass is 35.5. The summed E-state index contributed by atoms with van der Waals surface area (Å²) in [5.74, 6) is 6.02. The standard InChI is InChI=1S/C21H35ClN4O4/c1-3-21(12-28)9-19-14(2)17(10-24-19)16-5-4-6-18(22)20(16)26(30-25-23)8-7-15(11-27)29-13-21/h4-6,14-15,17,19,24-25,27-28H,3,7-13,23H2,1-2H3. The number of benzene rings is 1.